The van der Waals surface area contributed by atoms with E-state index in [2.05, 4.69) is 25.0 Å². The van der Waals surface area contributed by atoms with E-state index in [1.807, 2.05) is 24.3 Å². The number of carbonyl (C=O) groups is 4. The molecule has 8 nitrogen and oxygen atoms in total. The van der Waals surface area contributed by atoms with E-state index in [9.17, 15) is 19.2 Å². The van der Waals surface area contributed by atoms with E-state index in [1.54, 1.807) is 61.5 Å². The second-order valence-electron chi connectivity index (χ2n) is 8.93. The molecule has 0 heterocycles. The van der Waals surface area contributed by atoms with Crippen molar-refractivity contribution in [3.63, 3.8) is 0 Å². The fourth-order valence-electron chi connectivity index (χ4n) is 3.04. The lowest BCUT2D eigenvalue weighted by Gasteiger charge is -2.08. The summed E-state index contributed by atoms with van der Waals surface area (Å²) in [5, 5.41) is 0. The zero-order chi connectivity index (χ0) is 30.5. The molecule has 0 saturated carbocycles. The average Bonchev–Trinajstić information content (AvgIpc) is 2.99. The summed E-state index contributed by atoms with van der Waals surface area (Å²) in [5.41, 5.74) is 3.15. The normalized spacial score (nSPS) is 10.1. The Morgan fingerprint density at radius 1 is 0.738 bits per heavy atom. The van der Waals surface area contributed by atoms with Crippen LogP contribution in [0.5, 0.6) is 11.5 Å². The summed E-state index contributed by atoms with van der Waals surface area (Å²) >= 11 is 0. The van der Waals surface area contributed by atoms with Gasteiger partial charge in [0.15, 0.2) is 12.4 Å². The van der Waals surface area contributed by atoms with Crippen LogP contribution in [0.25, 0.3) is 6.08 Å². The predicted octanol–water partition coefficient (Wildman–Crippen LogP) is 5.46. The highest BCUT2D eigenvalue weighted by atomic mass is 16.7. The minimum atomic E-state index is -0.597. The number of esters is 3. The lowest BCUT2D eigenvalue weighted by Crippen LogP contribution is -2.14. The Bertz CT molecular complexity index is 1570. The molecular formula is C34H28O8. The molecule has 0 aromatic heterocycles. The van der Waals surface area contributed by atoms with E-state index >= 15 is 0 Å². The minimum absolute atomic E-state index is 0.259. The summed E-state index contributed by atoms with van der Waals surface area (Å²) in [7, 11) is 0. The molecule has 0 aliphatic heterocycles. The van der Waals surface area contributed by atoms with Gasteiger partial charge in [-0.25, -0.2) is 14.4 Å². The Balaban J connectivity index is 1.47. The SMILES string of the molecule is C=C(C)C(=O)COC(=O)c1ccc(C#Cc2ccc(/C=C/C(=O)Oc3ccc(OCOC(=O)C(=C)C)cc3)cc2)cc1. The maximum Gasteiger partial charge on any atom is 0.338 e. The summed E-state index contributed by atoms with van der Waals surface area (Å²) in [6, 6.07) is 20.1. The first kappa shape index (κ1) is 30.9. The third-order valence-corrected chi connectivity index (χ3v) is 5.41. The Labute approximate surface area is 243 Å². The third-order valence-electron chi connectivity index (χ3n) is 5.41. The predicted molar refractivity (Wildman–Crippen MR) is 156 cm³/mol. The number of ether oxygens (including phenoxy) is 4. The lowest BCUT2D eigenvalue weighted by atomic mass is 10.1. The number of hydrogen-bond acceptors (Lipinski definition) is 8. The van der Waals surface area contributed by atoms with Crippen molar-refractivity contribution in [2.75, 3.05) is 13.4 Å². The standard InChI is InChI=1S/C34H28O8/c1-23(2)31(35)21-39-34(38)28-14-11-27(12-15-28)10-7-25-5-8-26(9-6-25)13-20-32(36)42-30-18-16-29(17-19-30)40-22-41-33(37)24(3)4/h5-6,8-9,11-20H,1,3,21-22H2,2,4H3/b20-13+. The fraction of sp³-hybridized carbons (Fsp3) is 0.118. The molecule has 8 heteroatoms. The number of Topliss-reactive ketones (excluding diaryl/α,β-unsaturated/α-hetero) is 1. The zero-order valence-corrected chi connectivity index (χ0v) is 23.2. The molecule has 0 N–H and O–H groups in total. The van der Waals surface area contributed by atoms with Gasteiger partial charge < -0.3 is 18.9 Å². The van der Waals surface area contributed by atoms with Crippen LogP contribution in [0.15, 0.2) is 103 Å². The number of benzene rings is 3. The molecule has 0 bridgehead atoms. The number of ketones is 1. The van der Waals surface area contributed by atoms with Gasteiger partial charge in [0.05, 0.1) is 5.56 Å². The quantitative estimate of drug-likeness (QED) is 0.0994. The van der Waals surface area contributed by atoms with Crippen LogP contribution in [0.3, 0.4) is 0 Å². The van der Waals surface area contributed by atoms with Crippen molar-refractivity contribution in [1.29, 1.82) is 0 Å². The zero-order valence-electron chi connectivity index (χ0n) is 23.2. The Morgan fingerprint density at radius 2 is 1.31 bits per heavy atom. The molecule has 0 fully saturated rings. The smallest absolute Gasteiger partial charge is 0.338 e. The van der Waals surface area contributed by atoms with Crippen molar-refractivity contribution in [3.8, 4) is 23.3 Å². The molecule has 0 aliphatic carbocycles. The van der Waals surface area contributed by atoms with Crippen molar-refractivity contribution < 1.29 is 38.1 Å². The van der Waals surface area contributed by atoms with Crippen LogP contribution in [0, 0.1) is 11.8 Å². The van der Waals surface area contributed by atoms with Crippen molar-refractivity contribution in [2.24, 2.45) is 0 Å². The highest BCUT2D eigenvalue weighted by molar-refractivity contribution is 5.98. The molecular weight excluding hydrogens is 536 g/mol. The van der Waals surface area contributed by atoms with Crippen LogP contribution in [0.1, 0.15) is 40.9 Å². The van der Waals surface area contributed by atoms with Crippen LogP contribution in [0.2, 0.25) is 0 Å². The van der Waals surface area contributed by atoms with Crippen molar-refractivity contribution in [3.05, 3.63) is 125 Å². The van der Waals surface area contributed by atoms with Gasteiger partial charge in [-0.15, -0.1) is 0 Å². The van der Waals surface area contributed by atoms with Crippen LogP contribution < -0.4 is 9.47 Å². The Kier molecular flexibility index (Phi) is 11.2. The molecule has 0 spiro atoms. The molecule has 0 saturated heterocycles. The monoisotopic (exact) mass is 564 g/mol. The van der Waals surface area contributed by atoms with Crippen molar-refractivity contribution in [2.45, 2.75) is 13.8 Å². The number of rotatable bonds is 11. The summed E-state index contributed by atoms with van der Waals surface area (Å²) in [6.45, 7) is 9.50. The van der Waals surface area contributed by atoms with Gasteiger partial charge in [-0.3, -0.25) is 4.79 Å². The minimum Gasteiger partial charge on any atom is -0.457 e. The maximum atomic E-state index is 12.2. The first-order valence-corrected chi connectivity index (χ1v) is 12.6. The molecule has 0 radical (unpaired) electrons. The van der Waals surface area contributed by atoms with Crippen molar-refractivity contribution in [1.82, 2.24) is 0 Å². The van der Waals surface area contributed by atoms with Crippen LogP contribution >= 0.6 is 0 Å². The summed E-state index contributed by atoms with van der Waals surface area (Å²) in [5.74, 6) is 4.79. The fourth-order valence-corrected chi connectivity index (χ4v) is 3.04. The molecule has 212 valence electrons. The van der Waals surface area contributed by atoms with Gasteiger partial charge in [0.2, 0.25) is 6.79 Å². The van der Waals surface area contributed by atoms with Crippen LogP contribution in [0.4, 0.5) is 0 Å². The largest absolute Gasteiger partial charge is 0.457 e. The molecule has 0 amide bonds. The lowest BCUT2D eigenvalue weighted by molar-refractivity contribution is -0.145. The van der Waals surface area contributed by atoms with E-state index in [0.29, 0.717) is 28.2 Å². The second-order valence-corrected chi connectivity index (χ2v) is 8.93. The maximum absolute atomic E-state index is 12.2. The van der Waals surface area contributed by atoms with Gasteiger partial charge in [-0.1, -0.05) is 37.1 Å². The van der Waals surface area contributed by atoms with Gasteiger partial charge in [0, 0.05) is 22.8 Å². The topological polar surface area (TPSA) is 105 Å². The van der Waals surface area contributed by atoms with E-state index < -0.39 is 17.9 Å². The highest BCUT2D eigenvalue weighted by Gasteiger charge is 2.10. The highest BCUT2D eigenvalue weighted by Crippen LogP contribution is 2.18. The molecule has 0 unspecified atom stereocenters. The summed E-state index contributed by atoms with van der Waals surface area (Å²) < 4.78 is 20.4. The number of hydrogen-bond donors (Lipinski definition) is 0. The van der Waals surface area contributed by atoms with E-state index in [0.717, 1.165) is 11.1 Å². The third kappa shape index (κ3) is 10.1. The Morgan fingerprint density at radius 3 is 1.88 bits per heavy atom. The molecule has 0 aliphatic rings. The van der Waals surface area contributed by atoms with E-state index in [1.165, 1.54) is 13.0 Å². The molecule has 3 aromatic carbocycles. The van der Waals surface area contributed by atoms with Gasteiger partial charge in [-0.2, -0.15) is 0 Å². The summed E-state index contributed by atoms with van der Waals surface area (Å²) in [6.07, 6.45) is 2.93. The van der Waals surface area contributed by atoms with Crippen LogP contribution in [-0.4, -0.2) is 37.1 Å². The molecule has 42 heavy (non-hydrogen) atoms. The van der Waals surface area contributed by atoms with E-state index in [4.69, 9.17) is 18.9 Å². The van der Waals surface area contributed by atoms with Gasteiger partial charge >= 0.3 is 17.9 Å². The first-order valence-electron chi connectivity index (χ1n) is 12.6. The van der Waals surface area contributed by atoms with Crippen molar-refractivity contribution >= 4 is 29.8 Å². The Hall–Kier alpha value is -5.68. The number of carbonyl (C=O) groups excluding carboxylic acids is 4. The molecule has 0 atom stereocenters. The van der Waals surface area contributed by atoms with Gasteiger partial charge in [-0.05, 0) is 91.7 Å². The average molecular weight is 565 g/mol. The van der Waals surface area contributed by atoms with Gasteiger partial charge in [0.1, 0.15) is 11.5 Å². The van der Waals surface area contributed by atoms with E-state index in [-0.39, 0.29) is 24.8 Å². The molecule has 3 aromatic rings. The van der Waals surface area contributed by atoms with Crippen LogP contribution in [-0.2, 0) is 23.9 Å². The summed E-state index contributed by atoms with van der Waals surface area (Å²) in [4.78, 5) is 47.1. The second kappa shape index (κ2) is 15.2. The first-order chi connectivity index (χ1) is 20.1. The molecule has 3 rings (SSSR count). The van der Waals surface area contributed by atoms with Gasteiger partial charge in [0.25, 0.3) is 0 Å².